The molecule has 2 amide bonds. The fourth-order valence-corrected chi connectivity index (χ4v) is 4.99. The van der Waals surface area contributed by atoms with Crippen LogP contribution in [0.3, 0.4) is 0 Å². The molecule has 1 aliphatic rings. The Morgan fingerprint density at radius 2 is 1.73 bits per heavy atom. The van der Waals surface area contributed by atoms with Crippen molar-refractivity contribution in [2.24, 2.45) is 0 Å². The fourth-order valence-electron chi connectivity index (χ4n) is 3.49. The third-order valence-corrected chi connectivity index (χ3v) is 7.21. The lowest BCUT2D eigenvalue weighted by atomic mass is 9.97. The quantitative estimate of drug-likeness (QED) is 0.755. The van der Waals surface area contributed by atoms with Crippen molar-refractivity contribution < 1.29 is 22.0 Å². The third-order valence-electron chi connectivity index (χ3n) is 5.30. The molecule has 1 aliphatic heterocycles. The van der Waals surface area contributed by atoms with E-state index in [4.69, 9.17) is 0 Å². The van der Waals surface area contributed by atoms with Crippen molar-refractivity contribution in [1.82, 2.24) is 14.5 Å². The highest BCUT2D eigenvalue weighted by molar-refractivity contribution is 7.89. The van der Waals surface area contributed by atoms with Gasteiger partial charge in [0.15, 0.2) is 0 Å². The van der Waals surface area contributed by atoms with E-state index < -0.39 is 26.6 Å². The number of hydrogen-bond acceptors (Lipinski definition) is 3. The number of carbonyl (C=O) groups is 1. The van der Waals surface area contributed by atoms with E-state index in [9.17, 15) is 22.0 Å². The molecule has 162 valence electrons. The Bertz CT molecular complexity index is 978. The maximum absolute atomic E-state index is 13.9. The van der Waals surface area contributed by atoms with E-state index in [-0.39, 0.29) is 38.1 Å². The highest BCUT2D eigenvalue weighted by Crippen LogP contribution is 2.22. The van der Waals surface area contributed by atoms with E-state index in [0.29, 0.717) is 12.6 Å². The minimum atomic E-state index is -4.17. The van der Waals surface area contributed by atoms with Gasteiger partial charge in [0, 0.05) is 38.6 Å². The zero-order chi connectivity index (χ0) is 21.7. The van der Waals surface area contributed by atoms with Crippen LogP contribution < -0.4 is 5.32 Å². The van der Waals surface area contributed by atoms with E-state index >= 15 is 0 Å². The van der Waals surface area contributed by atoms with Gasteiger partial charge in [-0.1, -0.05) is 37.3 Å². The summed E-state index contributed by atoms with van der Waals surface area (Å²) >= 11 is 0. The minimum absolute atomic E-state index is 0.0155. The second kappa shape index (κ2) is 9.53. The van der Waals surface area contributed by atoms with Crippen molar-refractivity contribution in [2.75, 3.05) is 32.7 Å². The molecule has 1 fully saturated rings. The monoisotopic (exact) mass is 437 g/mol. The smallest absolute Gasteiger partial charge is 0.317 e. The van der Waals surface area contributed by atoms with Crippen LogP contribution in [0.25, 0.3) is 0 Å². The zero-order valence-corrected chi connectivity index (χ0v) is 17.5. The molecule has 0 aliphatic carbocycles. The van der Waals surface area contributed by atoms with Gasteiger partial charge in [-0.15, -0.1) is 0 Å². The number of piperazine rings is 1. The number of carbonyl (C=O) groups excluding carboxylic acids is 1. The van der Waals surface area contributed by atoms with Gasteiger partial charge >= 0.3 is 6.03 Å². The van der Waals surface area contributed by atoms with E-state index in [2.05, 4.69) is 12.2 Å². The average molecular weight is 438 g/mol. The number of rotatable bonds is 6. The van der Waals surface area contributed by atoms with Gasteiger partial charge in [-0.2, -0.15) is 4.31 Å². The fraction of sp³-hybridized carbons (Fsp3) is 0.381. The van der Waals surface area contributed by atoms with Gasteiger partial charge in [-0.25, -0.2) is 22.0 Å². The summed E-state index contributed by atoms with van der Waals surface area (Å²) in [5.74, 6) is -1.63. The van der Waals surface area contributed by atoms with Crippen molar-refractivity contribution in [1.29, 1.82) is 0 Å². The van der Waals surface area contributed by atoms with Crippen LogP contribution in [-0.2, 0) is 10.0 Å². The first-order valence-corrected chi connectivity index (χ1v) is 11.3. The molecular formula is C21H25F2N3O3S. The number of urea groups is 1. The van der Waals surface area contributed by atoms with Crippen LogP contribution in [0.2, 0.25) is 0 Å². The zero-order valence-electron chi connectivity index (χ0n) is 16.7. The van der Waals surface area contributed by atoms with Crippen LogP contribution in [0, 0.1) is 11.6 Å². The molecule has 3 rings (SSSR count). The van der Waals surface area contributed by atoms with Crippen molar-refractivity contribution in [3.8, 4) is 0 Å². The first-order valence-electron chi connectivity index (χ1n) is 9.86. The van der Waals surface area contributed by atoms with Crippen LogP contribution in [0.5, 0.6) is 0 Å². The molecule has 0 aromatic heterocycles. The van der Waals surface area contributed by atoms with Crippen LogP contribution >= 0.6 is 0 Å². The number of nitrogens with one attached hydrogen (secondary N) is 1. The van der Waals surface area contributed by atoms with Gasteiger partial charge in [0.2, 0.25) is 10.0 Å². The molecular weight excluding hydrogens is 412 g/mol. The number of sulfonamides is 1. The molecule has 1 heterocycles. The number of amides is 2. The molecule has 1 atom stereocenters. The lowest BCUT2D eigenvalue weighted by Crippen LogP contribution is -2.53. The lowest BCUT2D eigenvalue weighted by Gasteiger charge is -2.34. The number of nitrogens with zero attached hydrogens (tertiary/aromatic N) is 2. The highest BCUT2D eigenvalue weighted by atomic mass is 32.2. The summed E-state index contributed by atoms with van der Waals surface area (Å²) in [5, 5.41) is 2.91. The van der Waals surface area contributed by atoms with Crippen LogP contribution in [0.1, 0.15) is 24.8 Å². The number of benzene rings is 2. The Hall–Kier alpha value is -2.52. The molecule has 0 unspecified atom stereocenters. The van der Waals surface area contributed by atoms with E-state index in [1.165, 1.54) is 4.90 Å². The SMILES string of the molecule is CC[C@H](CNC(=O)N1CCN(S(=O)(=O)c2cc(F)ccc2F)CC1)c1ccccc1. The van der Waals surface area contributed by atoms with Crippen molar-refractivity contribution >= 4 is 16.1 Å². The maximum atomic E-state index is 13.9. The molecule has 0 spiro atoms. The summed E-state index contributed by atoms with van der Waals surface area (Å²) < 4.78 is 53.7. The topological polar surface area (TPSA) is 69.7 Å². The largest absolute Gasteiger partial charge is 0.337 e. The van der Waals surface area contributed by atoms with Crippen LogP contribution in [0.4, 0.5) is 13.6 Å². The number of halogens is 2. The van der Waals surface area contributed by atoms with Gasteiger partial charge in [-0.3, -0.25) is 0 Å². The first kappa shape index (κ1) is 22.2. The van der Waals surface area contributed by atoms with Crippen LogP contribution in [-0.4, -0.2) is 56.4 Å². The number of hydrogen-bond donors (Lipinski definition) is 1. The molecule has 9 heteroatoms. The molecule has 1 saturated heterocycles. The summed E-state index contributed by atoms with van der Waals surface area (Å²) in [7, 11) is -4.17. The summed E-state index contributed by atoms with van der Waals surface area (Å²) in [5.41, 5.74) is 1.15. The van der Waals surface area contributed by atoms with Gasteiger partial charge in [0.05, 0.1) is 0 Å². The summed E-state index contributed by atoms with van der Waals surface area (Å²) in [4.78, 5) is 13.4. The van der Waals surface area contributed by atoms with Crippen LogP contribution in [0.15, 0.2) is 53.4 Å². The normalized spacial score (nSPS) is 16.3. The van der Waals surface area contributed by atoms with Gasteiger partial charge in [0.1, 0.15) is 16.5 Å². The Balaban J connectivity index is 1.57. The summed E-state index contributed by atoms with van der Waals surface area (Å²) in [6.07, 6.45) is 0.871. The predicted molar refractivity (Wildman–Crippen MR) is 110 cm³/mol. The van der Waals surface area contributed by atoms with Crippen molar-refractivity contribution in [3.63, 3.8) is 0 Å². The second-order valence-corrected chi connectivity index (χ2v) is 9.07. The Labute approximate surface area is 175 Å². The van der Waals surface area contributed by atoms with Gasteiger partial charge < -0.3 is 10.2 Å². The molecule has 30 heavy (non-hydrogen) atoms. The lowest BCUT2D eigenvalue weighted by molar-refractivity contribution is 0.171. The van der Waals surface area contributed by atoms with Gasteiger partial charge in [0.25, 0.3) is 0 Å². The molecule has 2 aromatic carbocycles. The van der Waals surface area contributed by atoms with E-state index in [1.807, 2.05) is 30.3 Å². The highest BCUT2D eigenvalue weighted by Gasteiger charge is 2.32. The Morgan fingerprint density at radius 3 is 2.37 bits per heavy atom. The Kier molecular flexibility index (Phi) is 7.04. The molecule has 0 bridgehead atoms. The Morgan fingerprint density at radius 1 is 1.07 bits per heavy atom. The molecule has 0 saturated carbocycles. The second-order valence-electron chi connectivity index (χ2n) is 7.17. The maximum Gasteiger partial charge on any atom is 0.317 e. The van der Waals surface area contributed by atoms with Gasteiger partial charge in [-0.05, 0) is 30.2 Å². The molecule has 6 nitrogen and oxygen atoms in total. The molecule has 2 aromatic rings. The standard InChI is InChI=1S/C21H25F2N3O3S/c1-2-16(17-6-4-3-5-7-17)15-24-21(27)25-10-12-26(13-11-25)30(28,29)20-14-18(22)8-9-19(20)23/h3-9,14,16H,2,10-13,15H2,1H3,(H,24,27)/t16-/m1/s1. The molecule has 0 radical (unpaired) electrons. The van der Waals surface area contributed by atoms with Crippen molar-refractivity contribution in [3.05, 3.63) is 65.7 Å². The summed E-state index contributed by atoms with van der Waals surface area (Å²) in [6.45, 7) is 2.91. The van der Waals surface area contributed by atoms with E-state index in [1.54, 1.807) is 0 Å². The van der Waals surface area contributed by atoms with E-state index in [0.717, 1.165) is 28.4 Å². The average Bonchev–Trinajstić information content (AvgIpc) is 2.76. The summed E-state index contributed by atoms with van der Waals surface area (Å²) in [6, 6.07) is 12.0. The van der Waals surface area contributed by atoms with Crippen molar-refractivity contribution in [2.45, 2.75) is 24.2 Å². The first-order chi connectivity index (χ1) is 14.3. The predicted octanol–water partition coefficient (Wildman–Crippen LogP) is 3.17. The minimum Gasteiger partial charge on any atom is -0.337 e. The third kappa shape index (κ3) is 4.96. The molecule has 1 N–H and O–H groups in total.